The fourth-order valence-corrected chi connectivity index (χ4v) is 2.70. The largest absolute Gasteiger partial charge is 0.497 e. The first kappa shape index (κ1) is 18.4. The zero-order valence-electron chi connectivity index (χ0n) is 13.6. The zero-order valence-corrected chi connectivity index (χ0v) is 14.4. The summed E-state index contributed by atoms with van der Waals surface area (Å²) in [4.78, 5) is 12.2. The van der Waals surface area contributed by atoms with Gasteiger partial charge < -0.3 is 10.1 Å². The Morgan fingerprint density at radius 1 is 1.27 bits per heavy atom. The second-order valence-corrected chi connectivity index (χ2v) is 7.00. The number of hydrogen-bond donors (Lipinski definition) is 1. The van der Waals surface area contributed by atoms with E-state index in [-0.39, 0.29) is 23.1 Å². The molecule has 0 saturated heterocycles. The van der Waals surface area contributed by atoms with Crippen molar-refractivity contribution in [2.24, 2.45) is 5.41 Å². The molecule has 22 heavy (non-hydrogen) atoms. The zero-order chi connectivity index (χ0) is 17.0. The van der Waals surface area contributed by atoms with Gasteiger partial charge in [0.05, 0.1) is 19.4 Å². The van der Waals surface area contributed by atoms with Gasteiger partial charge in [-0.15, -0.1) is 0 Å². The Labute approximate surface area is 131 Å². The summed E-state index contributed by atoms with van der Waals surface area (Å²) in [5.41, 5.74) is -0.423. The van der Waals surface area contributed by atoms with Gasteiger partial charge in [0, 0.05) is 11.5 Å². The topological polar surface area (TPSA) is 81.7 Å². The number of hydrogen-bond acceptors (Lipinski definition) is 5. The molecule has 0 bridgehead atoms. The molecule has 1 aromatic carbocycles. The number of nitrogens with one attached hydrogen (secondary N) is 1. The van der Waals surface area contributed by atoms with Crippen LogP contribution in [0.25, 0.3) is 0 Å². The standard InChI is InChI=1S/C15H23NO5S/c1-6-15(3,4)14(17)16-12-9-8-11(20-5)10-13(12)22(18,19)21-7-2/h8-10H,6-7H2,1-5H3,(H,16,17). The summed E-state index contributed by atoms with van der Waals surface area (Å²) in [6, 6.07) is 4.41. The van der Waals surface area contributed by atoms with Crippen molar-refractivity contribution >= 4 is 21.7 Å². The molecule has 1 aromatic rings. The number of ether oxygens (including phenoxy) is 1. The molecular formula is C15H23NO5S. The molecule has 124 valence electrons. The van der Waals surface area contributed by atoms with Crippen LogP contribution in [0.1, 0.15) is 34.1 Å². The molecule has 0 unspecified atom stereocenters. The van der Waals surface area contributed by atoms with Crippen molar-refractivity contribution < 1.29 is 22.1 Å². The van der Waals surface area contributed by atoms with Crippen molar-refractivity contribution in [1.29, 1.82) is 0 Å². The Hall–Kier alpha value is -1.60. The highest BCUT2D eigenvalue weighted by Crippen LogP contribution is 2.30. The number of rotatable bonds is 7. The lowest BCUT2D eigenvalue weighted by molar-refractivity contribution is -0.124. The average Bonchev–Trinajstić information content (AvgIpc) is 2.47. The van der Waals surface area contributed by atoms with Crippen molar-refractivity contribution in [3.8, 4) is 5.75 Å². The van der Waals surface area contributed by atoms with Crippen molar-refractivity contribution in [1.82, 2.24) is 0 Å². The van der Waals surface area contributed by atoms with Gasteiger partial charge in [0.25, 0.3) is 10.1 Å². The Kier molecular flexibility index (Phi) is 5.96. The van der Waals surface area contributed by atoms with Gasteiger partial charge in [-0.25, -0.2) is 0 Å². The van der Waals surface area contributed by atoms with Crippen LogP contribution < -0.4 is 10.1 Å². The van der Waals surface area contributed by atoms with E-state index in [1.54, 1.807) is 26.8 Å². The third-order valence-corrected chi connectivity index (χ3v) is 4.90. The summed E-state index contributed by atoms with van der Waals surface area (Å²) >= 11 is 0. The highest BCUT2D eigenvalue weighted by molar-refractivity contribution is 7.87. The first-order valence-corrected chi connectivity index (χ1v) is 8.47. The van der Waals surface area contributed by atoms with Crippen molar-refractivity contribution in [2.45, 2.75) is 39.0 Å². The molecule has 1 N–H and O–H groups in total. The summed E-state index contributed by atoms with van der Waals surface area (Å²) in [5.74, 6) is 0.110. The maximum atomic E-state index is 12.3. The van der Waals surface area contributed by atoms with Gasteiger partial charge in [-0.3, -0.25) is 8.98 Å². The van der Waals surface area contributed by atoms with Crippen LogP contribution in [0.2, 0.25) is 0 Å². The number of amides is 1. The minimum atomic E-state index is -3.97. The van der Waals surface area contributed by atoms with E-state index in [0.717, 1.165) is 0 Å². The lowest BCUT2D eigenvalue weighted by Gasteiger charge is -2.22. The molecule has 0 aromatic heterocycles. The van der Waals surface area contributed by atoms with E-state index in [4.69, 9.17) is 8.92 Å². The van der Waals surface area contributed by atoms with Crippen LogP contribution >= 0.6 is 0 Å². The van der Waals surface area contributed by atoms with E-state index >= 15 is 0 Å². The quantitative estimate of drug-likeness (QED) is 0.778. The molecule has 1 amide bonds. The number of carbonyl (C=O) groups excluding carboxylic acids is 1. The first-order valence-electron chi connectivity index (χ1n) is 7.07. The molecule has 6 nitrogen and oxygen atoms in total. The Bertz CT molecular complexity index is 637. The van der Waals surface area contributed by atoms with E-state index in [2.05, 4.69) is 5.32 Å². The Balaban J connectivity index is 3.28. The fourth-order valence-electron chi connectivity index (χ4n) is 1.61. The molecule has 0 spiro atoms. The normalized spacial score (nSPS) is 12.0. The SMILES string of the molecule is CCOS(=O)(=O)c1cc(OC)ccc1NC(=O)C(C)(C)CC. The monoisotopic (exact) mass is 329 g/mol. The number of anilines is 1. The van der Waals surface area contributed by atoms with Crippen molar-refractivity contribution in [3.05, 3.63) is 18.2 Å². The van der Waals surface area contributed by atoms with Crippen LogP contribution in [0.3, 0.4) is 0 Å². The highest BCUT2D eigenvalue weighted by atomic mass is 32.2. The van der Waals surface area contributed by atoms with Gasteiger partial charge in [0.1, 0.15) is 10.6 Å². The molecule has 0 aliphatic rings. The van der Waals surface area contributed by atoms with Crippen molar-refractivity contribution in [3.63, 3.8) is 0 Å². The van der Waals surface area contributed by atoms with Crippen LogP contribution in [0, 0.1) is 5.41 Å². The molecule has 0 aliphatic heterocycles. The molecule has 0 aliphatic carbocycles. The minimum Gasteiger partial charge on any atom is -0.497 e. The van der Waals surface area contributed by atoms with Gasteiger partial charge in [-0.1, -0.05) is 20.8 Å². The predicted octanol–water partition coefficient (Wildman–Crippen LogP) is 2.80. The average molecular weight is 329 g/mol. The molecule has 1 rings (SSSR count). The van der Waals surface area contributed by atoms with E-state index in [1.807, 2.05) is 6.92 Å². The van der Waals surface area contributed by atoms with Gasteiger partial charge in [0.2, 0.25) is 5.91 Å². The van der Waals surface area contributed by atoms with Crippen LogP contribution in [-0.4, -0.2) is 28.0 Å². The third-order valence-electron chi connectivity index (χ3n) is 3.48. The predicted molar refractivity (Wildman–Crippen MR) is 84.5 cm³/mol. The van der Waals surface area contributed by atoms with Crippen LogP contribution in [-0.2, 0) is 19.1 Å². The number of methoxy groups -OCH3 is 1. The molecular weight excluding hydrogens is 306 g/mol. The number of benzene rings is 1. The Morgan fingerprint density at radius 3 is 2.41 bits per heavy atom. The summed E-state index contributed by atoms with van der Waals surface area (Å²) in [6.45, 7) is 7.07. The summed E-state index contributed by atoms with van der Waals surface area (Å²) < 4.78 is 34.2. The second-order valence-electron chi connectivity index (χ2n) is 5.41. The lowest BCUT2D eigenvalue weighted by atomic mass is 9.89. The third kappa shape index (κ3) is 4.20. The van der Waals surface area contributed by atoms with Gasteiger partial charge in [-0.2, -0.15) is 8.42 Å². The maximum absolute atomic E-state index is 12.3. The second kappa shape index (κ2) is 7.11. The summed E-state index contributed by atoms with van der Waals surface area (Å²) in [5, 5.41) is 2.66. The molecule has 7 heteroatoms. The van der Waals surface area contributed by atoms with E-state index in [0.29, 0.717) is 12.2 Å². The van der Waals surface area contributed by atoms with Gasteiger partial charge in [0.15, 0.2) is 0 Å². The molecule has 0 heterocycles. The molecule has 0 atom stereocenters. The Morgan fingerprint density at radius 2 is 1.91 bits per heavy atom. The van der Waals surface area contributed by atoms with E-state index in [1.165, 1.54) is 19.2 Å². The van der Waals surface area contributed by atoms with E-state index in [9.17, 15) is 13.2 Å². The number of carbonyl (C=O) groups is 1. The van der Waals surface area contributed by atoms with E-state index < -0.39 is 15.5 Å². The molecule has 0 fully saturated rings. The van der Waals surface area contributed by atoms with Gasteiger partial charge in [-0.05, 0) is 25.5 Å². The van der Waals surface area contributed by atoms with Crippen LogP contribution in [0.4, 0.5) is 5.69 Å². The lowest BCUT2D eigenvalue weighted by Crippen LogP contribution is -2.30. The minimum absolute atomic E-state index is 0.00732. The smallest absolute Gasteiger partial charge is 0.299 e. The van der Waals surface area contributed by atoms with Crippen molar-refractivity contribution in [2.75, 3.05) is 19.0 Å². The maximum Gasteiger partial charge on any atom is 0.299 e. The molecule has 0 radical (unpaired) electrons. The fraction of sp³-hybridized carbons (Fsp3) is 0.533. The van der Waals surface area contributed by atoms with Crippen LogP contribution in [0.5, 0.6) is 5.75 Å². The van der Waals surface area contributed by atoms with Crippen LogP contribution in [0.15, 0.2) is 23.1 Å². The first-order chi connectivity index (χ1) is 10.2. The highest BCUT2D eigenvalue weighted by Gasteiger charge is 2.28. The van der Waals surface area contributed by atoms with Gasteiger partial charge >= 0.3 is 0 Å². The summed E-state index contributed by atoms with van der Waals surface area (Å²) in [7, 11) is -2.53. The summed E-state index contributed by atoms with van der Waals surface area (Å²) in [6.07, 6.45) is 0.628. The molecule has 0 saturated carbocycles.